The monoisotopic (exact) mass is 345 g/mol. The molecule has 0 spiro atoms. The first kappa shape index (κ1) is 14.4. The lowest BCUT2D eigenvalue weighted by molar-refractivity contribution is 0.435. The lowest BCUT2D eigenvalue weighted by atomic mass is 9.92. The van der Waals surface area contributed by atoms with Gasteiger partial charge in [0.15, 0.2) is 6.29 Å². The van der Waals surface area contributed by atoms with E-state index in [1.165, 1.54) is 11.3 Å². The molecule has 21 heavy (non-hydrogen) atoms. The molecule has 2 aromatic rings. The molecule has 0 radical (unpaired) electrons. The van der Waals surface area contributed by atoms with Crippen molar-refractivity contribution in [2.45, 2.75) is 25.7 Å². The minimum Gasteiger partial charge on any atom is -0.340 e. The molecule has 0 aliphatic carbocycles. The van der Waals surface area contributed by atoms with Gasteiger partial charge in [0.25, 0.3) is 0 Å². The molecule has 3 nitrogen and oxygen atoms in total. The van der Waals surface area contributed by atoms with Crippen LogP contribution < -0.4 is 15.5 Å². The first-order valence-corrected chi connectivity index (χ1v) is 7.85. The second kappa shape index (κ2) is 5.04. The van der Waals surface area contributed by atoms with Gasteiger partial charge in [0.05, 0.1) is 16.9 Å². The number of hydrogen-bond donors (Lipinski definition) is 1. The van der Waals surface area contributed by atoms with Crippen molar-refractivity contribution in [2.24, 2.45) is 5.73 Å². The predicted molar refractivity (Wildman–Crippen MR) is 92.5 cm³/mol. The van der Waals surface area contributed by atoms with Gasteiger partial charge in [-0.2, -0.15) is 0 Å². The first-order chi connectivity index (χ1) is 9.93. The maximum Gasteiger partial charge on any atom is 0.156 e. The van der Waals surface area contributed by atoms with Crippen LogP contribution in [0.1, 0.15) is 19.4 Å². The van der Waals surface area contributed by atoms with Crippen LogP contribution in [0.2, 0.25) is 0 Å². The van der Waals surface area contributed by atoms with E-state index < -0.39 is 0 Å². The zero-order valence-electron chi connectivity index (χ0n) is 12.5. The largest absolute Gasteiger partial charge is 0.340 e. The average molecular weight is 346 g/mol. The van der Waals surface area contributed by atoms with Gasteiger partial charge in [-0.1, -0.05) is 46.3 Å². The summed E-state index contributed by atoms with van der Waals surface area (Å²) in [7, 11) is 2.04. The van der Waals surface area contributed by atoms with Crippen molar-refractivity contribution in [2.75, 3.05) is 16.8 Å². The fraction of sp³-hybridized carbons (Fsp3) is 0.294. The number of rotatable bonds is 2. The van der Waals surface area contributed by atoms with Crippen molar-refractivity contribution in [1.82, 2.24) is 0 Å². The van der Waals surface area contributed by atoms with E-state index in [1.807, 2.05) is 13.1 Å². The summed E-state index contributed by atoms with van der Waals surface area (Å²) in [4.78, 5) is 4.40. The molecule has 1 atom stereocenters. The molecule has 0 amide bonds. The van der Waals surface area contributed by atoms with Crippen LogP contribution >= 0.6 is 15.9 Å². The van der Waals surface area contributed by atoms with Crippen LogP contribution in [-0.2, 0) is 5.54 Å². The summed E-state index contributed by atoms with van der Waals surface area (Å²) in [5.41, 5.74) is 9.87. The van der Waals surface area contributed by atoms with Crippen molar-refractivity contribution >= 4 is 27.3 Å². The molecule has 1 heterocycles. The van der Waals surface area contributed by atoms with Crippen LogP contribution in [-0.4, -0.2) is 13.3 Å². The van der Waals surface area contributed by atoms with Crippen molar-refractivity contribution in [3.05, 3.63) is 58.6 Å². The Morgan fingerprint density at radius 2 is 1.71 bits per heavy atom. The van der Waals surface area contributed by atoms with E-state index in [-0.39, 0.29) is 11.8 Å². The highest BCUT2D eigenvalue weighted by atomic mass is 79.9. The van der Waals surface area contributed by atoms with Gasteiger partial charge in [0.1, 0.15) is 0 Å². The van der Waals surface area contributed by atoms with Crippen LogP contribution in [0.15, 0.2) is 53.0 Å². The second-order valence-corrected chi connectivity index (χ2v) is 6.87. The molecule has 1 aliphatic rings. The molecule has 0 aromatic heterocycles. The highest BCUT2D eigenvalue weighted by molar-refractivity contribution is 9.10. The molecule has 110 valence electrons. The van der Waals surface area contributed by atoms with Gasteiger partial charge in [-0.15, -0.1) is 0 Å². The van der Waals surface area contributed by atoms with Crippen LogP contribution in [0.5, 0.6) is 0 Å². The fourth-order valence-electron chi connectivity index (χ4n) is 3.06. The second-order valence-electron chi connectivity index (χ2n) is 5.95. The molecule has 0 saturated carbocycles. The normalized spacial score (nSPS) is 18.0. The Morgan fingerprint density at radius 3 is 2.38 bits per heavy atom. The van der Waals surface area contributed by atoms with E-state index >= 15 is 0 Å². The van der Waals surface area contributed by atoms with Crippen molar-refractivity contribution < 1.29 is 0 Å². The highest BCUT2D eigenvalue weighted by Gasteiger charge is 2.40. The summed E-state index contributed by atoms with van der Waals surface area (Å²) in [6.45, 7) is 4.43. The minimum absolute atomic E-state index is 0.176. The number of benzene rings is 2. The van der Waals surface area contributed by atoms with E-state index in [4.69, 9.17) is 5.73 Å². The van der Waals surface area contributed by atoms with Crippen molar-refractivity contribution in [1.29, 1.82) is 0 Å². The van der Waals surface area contributed by atoms with Gasteiger partial charge < -0.3 is 9.80 Å². The summed E-state index contributed by atoms with van der Waals surface area (Å²) in [6, 6.07) is 16.8. The van der Waals surface area contributed by atoms with Gasteiger partial charge in [0.2, 0.25) is 0 Å². The average Bonchev–Trinajstić information content (AvgIpc) is 2.72. The third-order valence-corrected chi connectivity index (χ3v) is 4.81. The fourth-order valence-corrected chi connectivity index (χ4v) is 3.41. The molecule has 4 heteroatoms. The van der Waals surface area contributed by atoms with Crippen LogP contribution in [0.25, 0.3) is 0 Å². The van der Waals surface area contributed by atoms with Gasteiger partial charge >= 0.3 is 0 Å². The van der Waals surface area contributed by atoms with Crippen LogP contribution in [0.3, 0.4) is 0 Å². The SMILES string of the molecule is CN1c2cc(Br)ccc2N(C(C)(C)c2ccccc2)C1N. The Bertz CT molecular complexity index is 654. The summed E-state index contributed by atoms with van der Waals surface area (Å²) < 4.78 is 1.07. The third kappa shape index (κ3) is 2.23. The Labute approximate surface area is 134 Å². The van der Waals surface area contributed by atoms with E-state index in [0.29, 0.717) is 0 Å². The molecule has 3 rings (SSSR count). The molecule has 0 fully saturated rings. The van der Waals surface area contributed by atoms with E-state index in [1.54, 1.807) is 0 Å². The summed E-state index contributed by atoms with van der Waals surface area (Å²) in [5.74, 6) is 0. The topological polar surface area (TPSA) is 32.5 Å². The first-order valence-electron chi connectivity index (χ1n) is 7.06. The number of nitrogens with two attached hydrogens (primary N) is 1. The van der Waals surface area contributed by atoms with E-state index in [9.17, 15) is 0 Å². The molecule has 1 aliphatic heterocycles. The summed E-state index contributed by atoms with van der Waals surface area (Å²) >= 11 is 3.54. The number of nitrogens with zero attached hydrogens (tertiary/aromatic N) is 2. The van der Waals surface area contributed by atoms with Gasteiger partial charge in [-0.25, -0.2) is 0 Å². The Hall–Kier alpha value is -1.52. The number of halogens is 1. The lowest BCUT2D eigenvalue weighted by Crippen LogP contribution is -2.55. The van der Waals surface area contributed by atoms with Crippen molar-refractivity contribution in [3.8, 4) is 0 Å². The summed E-state index contributed by atoms with van der Waals surface area (Å²) in [5, 5.41) is 0. The van der Waals surface area contributed by atoms with Crippen molar-refractivity contribution in [3.63, 3.8) is 0 Å². The van der Waals surface area contributed by atoms with Gasteiger partial charge in [-0.05, 0) is 37.6 Å². The molecular formula is C17H20BrN3. The standard InChI is InChI=1S/C17H20BrN3/c1-17(2,12-7-5-4-6-8-12)21-14-10-9-13(18)11-15(14)20(3)16(21)19/h4-11,16H,19H2,1-3H3. The molecular weight excluding hydrogens is 326 g/mol. The van der Waals surface area contributed by atoms with Gasteiger partial charge in [-0.3, -0.25) is 5.73 Å². The molecule has 0 saturated heterocycles. The molecule has 0 bridgehead atoms. The number of anilines is 2. The zero-order chi connectivity index (χ0) is 15.2. The van der Waals surface area contributed by atoms with E-state index in [0.717, 1.165) is 10.2 Å². The maximum atomic E-state index is 6.48. The number of fused-ring (bicyclic) bond motifs is 1. The molecule has 1 unspecified atom stereocenters. The van der Waals surface area contributed by atoms with Crippen LogP contribution in [0, 0.1) is 0 Å². The zero-order valence-corrected chi connectivity index (χ0v) is 14.1. The molecule has 2 aromatic carbocycles. The quantitative estimate of drug-likeness (QED) is 0.896. The van der Waals surface area contributed by atoms with Crippen LogP contribution in [0.4, 0.5) is 11.4 Å². The highest BCUT2D eigenvalue weighted by Crippen LogP contribution is 2.45. The van der Waals surface area contributed by atoms with E-state index in [2.05, 4.69) is 82.0 Å². The smallest absolute Gasteiger partial charge is 0.156 e. The lowest BCUT2D eigenvalue weighted by Gasteiger charge is -2.41. The summed E-state index contributed by atoms with van der Waals surface area (Å²) in [6.07, 6.45) is -0.176. The minimum atomic E-state index is -0.186. The number of hydrogen-bond acceptors (Lipinski definition) is 3. The maximum absolute atomic E-state index is 6.48. The Morgan fingerprint density at radius 1 is 1.05 bits per heavy atom. The Kier molecular flexibility index (Phi) is 3.46. The predicted octanol–water partition coefficient (Wildman–Crippen LogP) is 3.88. The van der Waals surface area contributed by atoms with Gasteiger partial charge in [0, 0.05) is 11.5 Å². The molecule has 2 N–H and O–H groups in total. The third-order valence-electron chi connectivity index (χ3n) is 4.32. The Balaban J connectivity index is 2.11.